The number of carbonyl (C=O) groups is 1. The lowest BCUT2D eigenvalue weighted by molar-refractivity contribution is -0.141. The van der Waals surface area contributed by atoms with Gasteiger partial charge in [0.15, 0.2) is 0 Å². The van der Waals surface area contributed by atoms with E-state index in [0.29, 0.717) is 11.6 Å². The topological polar surface area (TPSA) is 40.5 Å². The molecular weight excluding hydrogens is 293 g/mol. The molecule has 21 heavy (non-hydrogen) atoms. The minimum atomic E-state index is -0.769. The highest BCUT2D eigenvalue weighted by Gasteiger charge is 2.38. The average Bonchev–Trinajstić information content (AvgIpc) is 2.42. The van der Waals surface area contributed by atoms with Crippen LogP contribution in [0, 0.1) is 5.82 Å². The average molecular weight is 314 g/mol. The first-order valence-electron chi connectivity index (χ1n) is 7.30. The molecule has 1 N–H and O–H groups in total. The fraction of sp³-hybridized carbons (Fsp3) is 0.562. The van der Waals surface area contributed by atoms with E-state index in [1.165, 1.54) is 12.1 Å². The Bertz CT molecular complexity index is 515. The highest BCUT2D eigenvalue weighted by molar-refractivity contribution is 6.31. The highest BCUT2D eigenvalue weighted by atomic mass is 35.5. The van der Waals surface area contributed by atoms with Gasteiger partial charge in [0.05, 0.1) is 6.42 Å². The van der Waals surface area contributed by atoms with Gasteiger partial charge in [0.1, 0.15) is 5.82 Å². The van der Waals surface area contributed by atoms with E-state index in [4.69, 9.17) is 11.6 Å². The fourth-order valence-corrected chi connectivity index (χ4v) is 3.48. The number of halogens is 2. The summed E-state index contributed by atoms with van der Waals surface area (Å²) in [4.78, 5) is 13.3. The summed E-state index contributed by atoms with van der Waals surface area (Å²) in [5.74, 6) is -1.13. The van der Waals surface area contributed by atoms with E-state index >= 15 is 0 Å². The first-order valence-corrected chi connectivity index (χ1v) is 7.68. The van der Waals surface area contributed by atoms with Gasteiger partial charge in [0.2, 0.25) is 0 Å². The first kappa shape index (κ1) is 16.2. The van der Waals surface area contributed by atoms with Crippen LogP contribution in [-0.4, -0.2) is 28.6 Å². The molecule has 1 aliphatic rings. The fourth-order valence-electron chi connectivity index (χ4n) is 3.26. The van der Waals surface area contributed by atoms with Gasteiger partial charge < -0.3 is 5.11 Å². The molecule has 0 atom stereocenters. The second-order valence-electron chi connectivity index (χ2n) is 5.95. The van der Waals surface area contributed by atoms with Gasteiger partial charge in [-0.3, -0.25) is 9.69 Å². The van der Waals surface area contributed by atoms with Crippen molar-refractivity contribution in [3.63, 3.8) is 0 Å². The maximum Gasteiger partial charge on any atom is 0.305 e. The van der Waals surface area contributed by atoms with Crippen LogP contribution in [0.2, 0.25) is 5.02 Å². The molecule has 0 unspecified atom stereocenters. The van der Waals surface area contributed by atoms with Crippen LogP contribution in [0.5, 0.6) is 0 Å². The Morgan fingerprint density at radius 3 is 2.62 bits per heavy atom. The van der Waals surface area contributed by atoms with Crippen molar-refractivity contribution in [1.29, 1.82) is 0 Å². The van der Waals surface area contributed by atoms with Crippen LogP contribution in [-0.2, 0) is 11.3 Å². The summed E-state index contributed by atoms with van der Waals surface area (Å²) in [6.45, 7) is 0.534. The SMILES string of the molecule is CN(Cc1ccc(F)cc1Cl)C1(CC(=O)O)CCCCC1. The Morgan fingerprint density at radius 1 is 1.38 bits per heavy atom. The quantitative estimate of drug-likeness (QED) is 0.890. The van der Waals surface area contributed by atoms with Crippen molar-refractivity contribution in [1.82, 2.24) is 4.90 Å². The Balaban J connectivity index is 2.17. The minimum Gasteiger partial charge on any atom is -0.481 e. The Kier molecular flexibility index (Phi) is 5.22. The zero-order chi connectivity index (χ0) is 15.5. The molecule has 0 amide bonds. The molecule has 0 radical (unpaired) electrons. The van der Waals surface area contributed by atoms with Gasteiger partial charge in [0.25, 0.3) is 0 Å². The third-order valence-electron chi connectivity index (χ3n) is 4.50. The van der Waals surface area contributed by atoms with Crippen molar-refractivity contribution in [2.75, 3.05) is 7.05 Å². The zero-order valence-electron chi connectivity index (χ0n) is 12.2. The van der Waals surface area contributed by atoms with Crippen LogP contribution in [0.15, 0.2) is 18.2 Å². The Labute approximate surface area is 129 Å². The number of hydrogen-bond acceptors (Lipinski definition) is 2. The molecule has 5 heteroatoms. The number of benzene rings is 1. The van der Waals surface area contributed by atoms with Gasteiger partial charge in [-0.1, -0.05) is 36.9 Å². The van der Waals surface area contributed by atoms with E-state index in [1.807, 2.05) is 7.05 Å². The summed E-state index contributed by atoms with van der Waals surface area (Å²) in [5.41, 5.74) is 0.512. The molecule has 1 aliphatic carbocycles. The third-order valence-corrected chi connectivity index (χ3v) is 4.85. The minimum absolute atomic E-state index is 0.141. The molecule has 0 aliphatic heterocycles. The summed E-state index contributed by atoms with van der Waals surface area (Å²) in [6.07, 6.45) is 5.17. The molecule has 0 heterocycles. The van der Waals surface area contributed by atoms with Crippen molar-refractivity contribution < 1.29 is 14.3 Å². The van der Waals surface area contributed by atoms with E-state index in [1.54, 1.807) is 6.07 Å². The van der Waals surface area contributed by atoms with Crippen LogP contribution in [0.1, 0.15) is 44.1 Å². The first-order chi connectivity index (χ1) is 9.93. The summed E-state index contributed by atoms with van der Waals surface area (Å²) < 4.78 is 13.1. The van der Waals surface area contributed by atoms with E-state index in [2.05, 4.69) is 4.90 Å². The second-order valence-corrected chi connectivity index (χ2v) is 6.35. The standard InChI is InChI=1S/C16H21ClFNO2/c1-19(11-12-5-6-13(18)9-14(12)17)16(10-15(20)21)7-3-2-4-8-16/h5-6,9H,2-4,7-8,10-11H2,1H3,(H,20,21). The molecule has 0 saturated heterocycles. The lowest BCUT2D eigenvalue weighted by Crippen LogP contribution is -2.49. The predicted octanol–water partition coefficient (Wildman–Crippen LogP) is 4.09. The maximum atomic E-state index is 13.1. The van der Waals surface area contributed by atoms with Gasteiger partial charge in [-0.25, -0.2) is 4.39 Å². The van der Waals surface area contributed by atoms with Crippen molar-refractivity contribution >= 4 is 17.6 Å². The largest absolute Gasteiger partial charge is 0.481 e. The van der Waals surface area contributed by atoms with E-state index in [-0.39, 0.29) is 17.8 Å². The number of hydrogen-bond donors (Lipinski definition) is 1. The van der Waals surface area contributed by atoms with E-state index in [9.17, 15) is 14.3 Å². The van der Waals surface area contributed by atoms with Crippen LogP contribution < -0.4 is 0 Å². The monoisotopic (exact) mass is 313 g/mol. The number of carboxylic acid groups (broad SMARTS) is 1. The second kappa shape index (κ2) is 6.75. The molecule has 1 aromatic rings. The number of aliphatic carboxylic acids is 1. The number of rotatable bonds is 5. The molecule has 0 spiro atoms. The Morgan fingerprint density at radius 2 is 2.05 bits per heavy atom. The van der Waals surface area contributed by atoms with E-state index < -0.39 is 5.97 Å². The van der Waals surface area contributed by atoms with Crippen LogP contribution >= 0.6 is 11.6 Å². The van der Waals surface area contributed by atoms with E-state index in [0.717, 1.165) is 37.7 Å². The van der Waals surface area contributed by atoms with Gasteiger partial charge >= 0.3 is 5.97 Å². The highest BCUT2D eigenvalue weighted by Crippen LogP contribution is 2.37. The molecular formula is C16H21ClFNO2. The molecule has 1 aromatic carbocycles. The Hall–Kier alpha value is -1.13. The van der Waals surface area contributed by atoms with Crippen molar-refractivity contribution in [2.45, 2.75) is 50.6 Å². The van der Waals surface area contributed by atoms with Gasteiger partial charge in [-0.05, 0) is 37.6 Å². The van der Waals surface area contributed by atoms with Crippen LogP contribution in [0.4, 0.5) is 4.39 Å². The molecule has 2 rings (SSSR count). The van der Waals surface area contributed by atoms with Crippen LogP contribution in [0.3, 0.4) is 0 Å². The summed E-state index contributed by atoms with van der Waals surface area (Å²) in [7, 11) is 1.94. The smallest absolute Gasteiger partial charge is 0.305 e. The zero-order valence-corrected chi connectivity index (χ0v) is 13.0. The van der Waals surface area contributed by atoms with Crippen molar-refractivity contribution in [2.24, 2.45) is 0 Å². The van der Waals surface area contributed by atoms with Crippen molar-refractivity contribution in [3.8, 4) is 0 Å². The molecule has 1 fully saturated rings. The maximum absolute atomic E-state index is 13.1. The molecule has 116 valence electrons. The number of carboxylic acids is 1. The lowest BCUT2D eigenvalue weighted by Gasteiger charge is -2.44. The van der Waals surface area contributed by atoms with Gasteiger partial charge in [-0.2, -0.15) is 0 Å². The normalized spacial score (nSPS) is 17.9. The molecule has 1 saturated carbocycles. The third kappa shape index (κ3) is 3.95. The molecule has 0 aromatic heterocycles. The lowest BCUT2D eigenvalue weighted by atomic mass is 9.78. The molecule has 3 nitrogen and oxygen atoms in total. The number of nitrogens with zero attached hydrogens (tertiary/aromatic N) is 1. The summed E-state index contributed by atoms with van der Waals surface area (Å²) >= 11 is 6.08. The predicted molar refractivity (Wildman–Crippen MR) is 80.9 cm³/mol. The van der Waals surface area contributed by atoms with Crippen LogP contribution in [0.25, 0.3) is 0 Å². The van der Waals surface area contributed by atoms with Gasteiger partial charge in [0, 0.05) is 17.1 Å². The van der Waals surface area contributed by atoms with Gasteiger partial charge in [-0.15, -0.1) is 0 Å². The summed E-state index contributed by atoms with van der Waals surface area (Å²) in [6, 6.07) is 4.36. The summed E-state index contributed by atoms with van der Waals surface area (Å²) in [5, 5.41) is 9.63. The molecule has 0 bridgehead atoms. The van der Waals surface area contributed by atoms with Crippen molar-refractivity contribution in [3.05, 3.63) is 34.6 Å².